The summed E-state index contributed by atoms with van der Waals surface area (Å²) in [5.41, 5.74) is 5.54. The van der Waals surface area contributed by atoms with E-state index in [0.717, 1.165) is 54.9 Å². The maximum atomic E-state index is 6.44. The van der Waals surface area contributed by atoms with Gasteiger partial charge in [-0.3, -0.25) is 0 Å². The molecule has 7 aromatic carbocycles. The van der Waals surface area contributed by atoms with E-state index < -0.39 is 0 Å². The number of nitrogens with zero attached hydrogens (tertiary/aromatic N) is 4. The topological polar surface area (TPSA) is 64.7 Å². The molecule has 0 saturated heterocycles. The van der Waals surface area contributed by atoms with Crippen molar-refractivity contribution in [3.05, 3.63) is 146 Å². The van der Waals surface area contributed by atoms with Gasteiger partial charge in [0.25, 0.3) is 0 Å². The van der Waals surface area contributed by atoms with E-state index in [1.165, 1.54) is 19.3 Å². The molecule has 0 saturated carbocycles. The van der Waals surface area contributed by atoms with E-state index in [0.29, 0.717) is 23.4 Å². The van der Waals surface area contributed by atoms with Crippen LogP contribution in [0.1, 0.15) is 0 Å². The van der Waals surface area contributed by atoms with Crippen LogP contribution in [0.15, 0.2) is 150 Å². The Labute approximate surface area is 280 Å². The molecule has 0 bridgehead atoms. The molecule has 0 radical (unpaired) electrons. The van der Waals surface area contributed by atoms with E-state index in [1.807, 2.05) is 54.6 Å². The fraction of sp³-hybridized carbons (Fsp3) is 0. The Morgan fingerprint density at radius 2 is 1.15 bits per heavy atom. The van der Waals surface area contributed by atoms with Crippen molar-refractivity contribution in [3.8, 4) is 45.6 Å². The number of hydrogen-bond acceptors (Lipinski definition) is 5. The number of benzene rings is 7. The van der Waals surface area contributed by atoms with Gasteiger partial charge in [-0.15, -0.1) is 0 Å². The molecule has 3 aromatic heterocycles. The van der Waals surface area contributed by atoms with Gasteiger partial charge in [0, 0.05) is 5.56 Å². The monoisotopic (exact) mass is 680 g/mol. The minimum absolute atomic E-state index is 0.165. The third-order valence-corrected chi connectivity index (χ3v) is 11.5. The Morgan fingerprint density at radius 3 is 2.00 bits per heavy atom. The van der Waals surface area contributed by atoms with Crippen LogP contribution in [0.2, 0.25) is 0 Å². The zero-order valence-electron chi connectivity index (χ0n) is 25.5. The van der Waals surface area contributed by atoms with Crippen LogP contribution in [-0.2, 0) is 0 Å². The van der Waals surface area contributed by atoms with Crippen LogP contribution in [0, 0.1) is 0 Å². The number of rotatable bonds is 4. The van der Waals surface area contributed by atoms with Crippen LogP contribution in [0.5, 0.6) is 0 Å². The molecule has 6 heteroatoms. The van der Waals surface area contributed by atoms with E-state index in [9.17, 15) is 0 Å². The number of hydrogen-bond donors (Lipinski definition) is 0. The summed E-state index contributed by atoms with van der Waals surface area (Å²) in [6, 6.07) is 50.3. The molecule has 10 aromatic rings. The van der Waals surface area contributed by atoms with Gasteiger partial charge in [0.05, 0.1) is 0 Å². The van der Waals surface area contributed by atoms with Crippen molar-refractivity contribution in [2.45, 2.75) is 0 Å². The molecule has 224 valence electrons. The molecule has 3 heterocycles. The number of oxazole rings is 1. The Kier molecular flexibility index (Phi) is 6.13. The third-order valence-electron chi connectivity index (χ3n) is 8.94. The normalized spacial score (nSPS) is 11.8. The summed E-state index contributed by atoms with van der Waals surface area (Å²) in [7, 11) is 0. The number of fused-ring (bicyclic) bond motifs is 8. The molecule has 48 heavy (non-hydrogen) atoms. The zero-order chi connectivity index (χ0) is 31.6. The maximum absolute atomic E-state index is 6.44. The van der Waals surface area contributed by atoms with Crippen LogP contribution < -0.4 is 0 Å². The Balaban J connectivity index is 1.17. The zero-order valence-corrected chi connectivity index (χ0v) is 27.2. The van der Waals surface area contributed by atoms with Gasteiger partial charge in [0.2, 0.25) is 5.89 Å². The first-order valence-corrected chi connectivity index (χ1v) is 17.5. The van der Waals surface area contributed by atoms with Gasteiger partial charge in [0.15, 0.2) is 0 Å². The number of aromatic nitrogens is 4. The molecule has 0 atom stereocenters. The van der Waals surface area contributed by atoms with Gasteiger partial charge >= 0.3 is 229 Å². The fourth-order valence-electron chi connectivity index (χ4n) is 6.64. The predicted octanol–water partition coefficient (Wildman–Crippen LogP) is 10.4. The summed E-state index contributed by atoms with van der Waals surface area (Å²) in [6.07, 6.45) is 0. The molecule has 0 N–H and O–H groups in total. The third kappa shape index (κ3) is 4.38. The van der Waals surface area contributed by atoms with Crippen LogP contribution in [0.25, 0.3) is 97.6 Å². The summed E-state index contributed by atoms with van der Waals surface area (Å²) >= 11 is 0.165. The standard InChI is InChI=1S/C42H24N4OSe/c1-3-10-26(11-4-1)39-44-40(46-41(45-39)33-16-9-15-32-31-14-7-8-17-35(31)48-38(32)33)29-20-22-30-28(24-29)19-18-25-21-23-34-37(36(25)30)47-42(43-34)27-12-5-2-6-13-27/h1-24H. The van der Waals surface area contributed by atoms with Gasteiger partial charge in [0.1, 0.15) is 0 Å². The fourth-order valence-corrected chi connectivity index (χ4v) is 9.18. The molecular weight excluding hydrogens is 655 g/mol. The molecule has 0 fully saturated rings. The van der Waals surface area contributed by atoms with E-state index in [-0.39, 0.29) is 14.5 Å². The molecule has 0 spiro atoms. The first-order valence-electron chi connectivity index (χ1n) is 15.8. The molecule has 0 unspecified atom stereocenters. The molecule has 5 nitrogen and oxygen atoms in total. The van der Waals surface area contributed by atoms with Crippen LogP contribution in [0.4, 0.5) is 0 Å². The summed E-state index contributed by atoms with van der Waals surface area (Å²) in [5, 5.41) is 6.91. The summed E-state index contributed by atoms with van der Waals surface area (Å²) < 4.78 is 9.15. The van der Waals surface area contributed by atoms with Gasteiger partial charge < -0.3 is 0 Å². The average molecular weight is 680 g/mol. The summed E-state index contributed by atoms with van der Waals surface area (Å²) in [4.78, 5) is 20.1. The van der Waals surface area contributed by atoms with Crippen molar-refractivity contribution in [1.29, 1.82) is 0 Å². The quantitative estimate of drug-likeness (QED) is 0.137. The average Bonchev–Trinajstić information content (AvgIpc) is 3.77. The van der Waals surface area contributed by atoms with Crippen LogP contribution >= 0.6 is 0 Å². The second-order valence-corrected chi connectivity index (χ2v) is 14.1. The first kappa shape index (κ1) is 27.2. The van der Waals surface area contributed by atoms with E-state index >= 15 is 0 Å². The Bertz CT molecular complexity index is 2840. The summed E-state index contributed by atoms with van der Waals surface area (Å²) in [5.74, 6) is 2.62. The second-order valence-electron chi connectivity index (χ2n) is 11.9. The molecule has 0 amide bonds. The van der Waals surface area contributed by atoms with E-state index in [4.69, 9.17) is 24.4 Å². The van der Waals surface area contributed by atoms with Crippen molar-refractivity contribution < 1.29 is 4.42 Å². The van der Waals surface area contributed by atoms with Gasteiger partial charge in [-0.05, 0) is 18.2 Å². The molecular formula is C42H24N4OSe. The summed E-state index contributed by atoms with van der Waals surface area (Å²) in [6.45, 7) is 0. The molecule has 0 aliphatic carbocycles. The van der Waals surface area contributed by atoms with Crippen molar-refractivity contribution in [3.63, 3.8) is 0 Å². The second kappa shape index (κ2) is 10.8. The Morgan fingerprint density at radius 1 is 0.458 bits per heavy atom. The van der Waals surface area contributed by atoms with Gasteiger partial charge in [-0.25, -0.2) is 4.98 Å². The Hall–Kier alpha value is -5.94. The molecule has 0 aliphatic rings. The molecule has 0 aliphatic heterocycles. The van der Waals surface area contributed by atoms with E-state index in [2.05, 4.69) is 91.0 Å². The van der Waals surface area contributed by atoms with Crippen molar-refractivity contribution >= 4 is 66.4 Å². The van der Waals surface area contributed by atoms with Crippen molar-refractivity contribution in [2.24, 2.45) is 0 Å². The minimum atomic E-state index is 0.165. The van der Waals surface area contributed by atoms with Crippen LogP contribution in [-0.4, -0.2) is 34.4 Å². The first-order chi connectivity index (χ1) is 23.8. The molecule has 10 rings (SSSR count). The van der Waals surface area contributed by atoms with E-state index in [1.54, 1.807) is 0 Å². The van der Waals surface area contributed by atoms with Gasteiger partial charge in [-0.2, -0.15) is 0 Å². The van der Waals surface area contributed by atoms with Crippen molar-refractivity contribution in [2.75, 3.05) is 0 Å². The van der Waals surface area contributed by atoms with Gasteiger partial charge in [-0.1, -0.05) is 18.2 Å². The van der Waals surface area contributed by atoms with Crippen LogP contribution in [0.3, 0.4) is 0 Å². The van der Waals surface area contributed by atoms with Crippen molar-refractivity contribution in [1.82, 2.24) is 19.9 Å². The SMILES string of the molecule is c1ccc(-c2nc(-c3ccc4c(ccc5ccc6nc(-c7ccccc7)oc6c54)c3)nc(-c3cccc4c3[se]c3ccccc34)n2)cc1. The predicted molar refractivity (Wildman–Crippen MR) is 196 cm³/mol.